The lowest BCUT2D eigenvalue weighted by atomic mass is 9.97. The molecule has 0 atom stereocenters. The fraction of sp³-hybridized carbons (Fsp3) is 0.269. The summed E-state index contributed by atoms with van der Waals surface area (Å²) in [5.41, 5.74) is 2.52. The van der Waals surface area contributed by atoms with Gasteiger partial charge in [-0.1, -0.05) is 48.0 Å². The van der Waals surface area contributed by atoms with E-state index < -0.39 is 10.0 Å². The van der Waals surface area contributed by atoms with Crippen LogP contribution in [-0.2, 0) is 20.6 Å². The largest absolute Gasteiger partial charge is 0.457 e. The van der Waals surface area contributed by atoms with E-state index in [-0.39, 0.29) is 17.6 Å². The van der Waals surface area contributed by atoms with Crippen LogP contribution in [0, 0.1) is 12.8 Å². The van der Waals surface area contributed by atoms with E-state index in [0.29, 0.717) is 37.4 Å². The van der Waals surface area contributed by atoms with E-state index in [4.69, 9.17) is 4.74 Å². The Kier molecular flexibility index (Phi) is 7.11. The minimum atomic E-state index is -3.40. The van der Waals surface area contributed by atoms with E-state index in [9.17, 15) is 13.2 Å². The molecule has 1 N–H and O–H groups in total. The van der Waals surface area contributed by atoms with Gasteiger partial charge in [0, 0.05) is 24.7 Å². The number of aryl methyl sites for hydroxylation is 1. The first-order chi connectivity index (χ1) is 15.9. The molecule has 1 amide bonds. The van der Waals surface area contributed by atoms with E-state index in [1.165, 1.54) is 4.31 Å². The van der Waals surface area contributed by atoms with Crippen molar-refractivity contribution in [1.82, 2.24) is 4.31 Å². The van der Waals surface area contributed by atoms with Gasteiger partial charge in [-0.05, 0) is 61.7 Å². The van der Waals surface area contributed by atoms with Crippen molar-refractivity contribution >= 4 is 21.6 Å². The molecule has 1 aliphatic heterocycles. The Bertz CT molecular complexity index is 1190. The zero-order valence-corrected chi connectivity index (χ0v) is 19.4. The molecule has 172 valence electrons. The van der Waals surface area contributed by atoms with Crippen molar-refractivity contribution in [3.8, 4) is 11.5 Å². The monoisotopic (exact) mass is 464 g/mol. The van der Waals surface area contributed by atoms with Crippen molar-refractivity contribution in [3.63, 3.8) is 0 Å². The Hall–Kier alpha value is -3.16. The van der Waals surface area contributed by atoms with E-state index >= 15 is 0 Å². The molecule has 0 saturated carbocycles. The summed E-state index contributed by atoms with van der Waals surface area (Å²) >= 11 is 0. The maximum Gasteiger partial charge on any atom is 0.227 e. The van der Waals surface area contributed by atoms with E-state index in [1.807, 2.05) is 73.7 Å². The van der Waals surface area contributed by atoms with Gasteiger partial charge >= 0.3 is 0 Å². The molecule has 3 aromatic carbocycles. The van der Waals surface area contributed by atoms with Gasteiger partial charge < -0.3 is 10.1 Å². The summed E-state index contributed by atoms with van der Waals surface area (Å²) < 4.78 is 32.9. The number of carbonyl (C=O) groups excluding carboxylic acids is 1. The van der Waals surface area contributed by atoms with Crippen LogP contribution in [0.1, 0.15) is 24.0 Å². The van der Waals surface area contributed by atoms with E-state index in [1.54, 1.807) is 12.1 Å². The molecule has 33 heavy (non-hydrogen) atoms. The summed E-state index contributed by atoms with van der Waals surface area (Å²) in [7, 11) is -3.40. The maximum atomic E-state index is 12.8. The van der Waals surface area contributed by atoms with Gasteiger partial charge in [-0.25, -0.2) is 12.7 Å². The van der Waals surface area contributed by atoms with Crippen LogP contribution >= 0.6 is 0 Å². The molecule has 7 heteroatoms. The molecule has 4 rings (SSSR count). The number of sulfonamides is 1. The van der Waals surface area contributed by atoms with Gasteiger partial charge in [0.05, 0.1) is 5.75 Å². The zero-order valence-electron chi connectivity index (χ0n) is 18.6. The number of hydrogen-bond donors (Lipinski definition) is 1. The molecule has 0 spiro atoms. The molecule has 1 saturated heterocycles. The third-order valence-corrected chi connectivity index (χ3v) is 7.60. The predicted molar refractivity (Wildman–Crippen MR) is 130 cm³/mol. The average Bonchev–Trinajstić information content (AvgIpc) is 2.81. The lowest BCUT2D eigenvalue weighted by Gasteiger charge is -2.30. The third kappa shape index (κ3) is 6.21. The van der Waals surface area contributed by atoms with Gasteiger partial charge in [0.1, 0.15) is 11.5 Å². The summed E-state index contributed by atoms with van der Waals surface area (Å²) in [5.74, 6) is 1.13. The molecule has 0 radical (unpaired) electrons. The highest BCUT2D eigenvalue weighted by Crippen LogP contribution is 2.25. The van der Waals surface area contributed by atoms with Crippen LogP contribution in [0.15, 0.2) is 78.9 Å². The maximum absolute atomic E-state index is 12.8. The topological polar surface area (TPSA) is 75.7 Å². The Balaban J connectivity index is 1.28. The second-order valence-electron chi connectivity index (χ2n) is 8.35. The van der Waals surface area contributed by atoms with Crippen molar-refractivity contribution in [2.75, 3.05) is 18.4 Å². The molecule has 0 bridgehead atoms. The number of hydrogen-bond acceptors (Lipinski definition) is 4. The SMILES string of the molecule is Cc1cccc(CS(=O)(=O)N2CCC(C(=O)Nc3ccc(Oc4ccccc4)cc3)CC2)c1. The number of carbonyl (C=O) groups is 1. The highest BCUT2D eigenvalue weighted by molar-refractivity contribution is 7.88. The van der Waals surface area contributed by atoms with Crippen LogP contribution in [0.2, 0.25) is 0 Å². The smallest absolute Gasteiger partial charge is 0.227 e. The van der Waals surface area contributed by atoms with Crippen molar-refractivity contribution in [1.29, 1.82) is 0 Å². The number of amides is 1. The quantitative estimate of drug-likeness (QED) is 0.536. The van der Waals surface area contributed by atoms with Crippen molar-refractivity contribution in [3.05, 3.63) is 90.0 Å². The molecular formula is C26H28N2O4S. The standard InChI is InChI=1S/C26H28N2O4S/c1-20-6-5-7-21(18-20)19-33(30,31)28-16-14-22(15-17-28)26(29)27-23-10-12-25(13-11-23)32-24-8-3-2-4-9-24/h2-13,18,22H,14-17,19H2,1H3,(H,27,29). The number of nitrogens with one attached hydrogen (secondary N) is 1. The number of rotatable bonds is 7. The van der Waals surface area contributed by atoms with Crippen molar-refractivity contribution < 1.29 is 17.9 Å². The first-order valence-corrected chi connectivity index (χ1v) is 12.7. The first-order valence-electron chi connectivity index (χ1n) is 11.1. The Morgan fingerprint density at radius 1 is 0.939 bits per heavy atom. The average molecular weight is 465 g/mol. The number of nitrogens with zero attached hydrogens (tertiary/aromatic N) is 1. The van der Waals surface area contributed by atoms with Gasteiger partial charge in [0.2, 0.25) is 15.9 Å². The Morgan fingerprint density at radius 3 is 2.27 bits per heavy atom. The van der Waals surface area contributed by atoms with Gasteiger partial charge in [-0.3, -0.25) is 4.79 Å². The molecule has 1 aliphatic rings. The zero-order chi connectivity index (χ0) is 23.3. The molecule has 0 aliphatic carbocycles. The van der Waals surface area contributed by atoms with Crippen LogP contribution in [-0.4, -0.2) is 31.7 Å². The minimum absolute atomic E-state index is 0.0110. The number of ether oxygens (including phenoxy) is 1. The predicted octanol–water partition coefficient (Wildman–Crippen LogP) is 4.97. The minimum Gasteiger partial charge on any atom is -0.457 e. The first kappa shape index (κ1) is 23.0. The van der Waals surface area contributed by atoms with Crippen LogP contribution in [0.5, 0.6) is 11.5 Å². The molecule has 0 unspecified atom stereocenters. The van der Waals surface area contributed by atoms with Crippen LogP contribution in [0.25, 0.3) is 0 Å². The van der Waals surface area contributed by atoms with Crippen molar-refractivity contribution in [2.24, 2.45) is 5.92 Å². The third-order valence-electron chi connectivity index (χ3n) is 5.75. The normalized spacial score (nSPS) is 15.2. The molecule has 1 heterocycles. The fourth-order valence-corrected chi connectivity index (χ4v) is 5.53. The summed E-state index contributed by atoms with van der Waals surface area (Å²) in [6, 6.07) is 24.3. The fourth-order valence-electron chi connectivity index (χ4n) is 3.98. The Labute approximate surface area is 195 Å². The van der Waals surface area contributed by atoms with Gasteiger partial charge in [-0.15, -0.1) is 0 Å². The highest BCUT2D eigenvalue weighted by Gasteiger charge is 2.31. The van der Waals surface area contributed by atoms with E-state index in [0.717, 1.165) is 16.9 Å². The second kappa shape index (κ2) is 10.2. The van der Waals surface area contributed by atoms with Gasteiger partial charge in [0.25, 0.3) is 0 Å². The second-order valence-corrected chi connectivity index (χ2v) is 10.3. The van der Waals surface area contributed by atoms with Crippen LogP contribution in [0.3, 0.4) is 0 Å². The molecule has 0 aromatic heterocycles. The van der Waals surface area contributed by atoms with Crippen molar-refractivity contribution in [2.45, 2.75) is 25.5 Å². The molecule has 1 fully saturated rings. The number of para-hydroxylation sites is 1. The number of piperidine rings is 1. The number of anilines is 1. The van der Waals surface area contributed by atoms with Gasteiger partial charge in [-0.2, -0.15) is 0 Å². The number of benzene rings is 3. The lowest BCUT2D eigenvalue weighted by Crippen LogP contribution is -2.41. The summed E-state index contributed by atoms with van der Waals surface area (Å²) in [4.78, 5) is 12.7. The summed E-state index contributed by atoms with van der Waals surface area (Å²) in [6.45, 7) is 2.66. The van der Waals surface area contributed by atoms with Crippen LogP contribution in [0.4, 0.5) is 5.69 Å². The molecular weight excluding hydrogens is 436 g/mol. The Morgan fingerprint density at radius 2 is 1.61 bits per heavy atom. The summed E-state index contributed by atoms with van der Waals surface area (Å²) in [6.07, 6.45) is 1.02. The molecule has 3 aromatic rings. The van der Waals surface area contributed by atoms with E-state index in [2.05, 4.69) is 5.32 Å². The van der Waals surface area contributed by atoms with Crippen LogP contribution < -0.4 is 10.1 Å². The summed E-state index contributed by atoms with van der Waals surface area (Å²) in [5, 5.41) is 2.94. The highest BCUT2D eigenvalue weighted by atomic mass is 32.2. The van der Waals surface area contributed by atoms with Gasteiger partial charge in [0.15, 0.2) is 0 Å². The lowest BCUT2D eigenvalue weighted by molar-refractivity contribution is -0.120. The molecule has 6 nitrogen and oxygen atoms in total.